The Morgan fingerprint density at radius 2 is 2.06 bits per heavy atom. The van der Waals surface area contributed by atoms with Crippen LogP contribution in [0, 0.1) is 0 Å². The topological polar surface area (TPSA) is 25.4 Å². The summed E-state index contributed by atoms with van der Waals surface area (Å²) in [6, 6.07) is 2.08. The maximum atomic E-state index is 5.93. The van der Waals surface area contributed by atoms with Crippen molar-refractivity contribution in [3.05, 3.63) is 18.0 Å². The fourth-order valence-corrected chi connectivity index (χ4v) is 1.56. The van der Waals surface area contributed by atoms with E-state index in [0.29, 0.717) is 12.0 Å². The van der Waals surface area contributed by atoms with E-state index in [1.807, 2.05) is 20.3 Å². The first-order chi connectivity index (χ1) is 7.58. The van der Waals surface area contributed by atoms with Gasteiger partial charge in [0.05, 0.1) is 18.0 Å². The van der Waals surface area contributed by atoms with Gasteiger partial charge in [-0.15, -0.1) is 0 Å². The van der Waals surface area contributed by atoms with Crippen molar-refractivity contribution < 1.29 is 4.74 Å². The lowest BCUT2D eigenvalue weighted by Crippen LogP contribution is -2.12. The lowest BCUT2D eigenvalue weighted by molar-refractivity contribution is 0.303. The minimum Gasteiger partial charge on any atom is -0.488 e. The summed E-state index contributed by atoms with van der Waals surface area (Å²) in [6.07, 6.45) is 4.71. The Kier molecular flexibility index (Phi) is 3.03. The van der Waals surface area contributed by atoms with Gasteiger partial charge in [-0.3, -0.25) is 4.98 Å². The zero-order valence-electron chi connectivity index (χ0n) is 10.5. The van der Waals surface area contributed by atoms with Gasteiger partial charge < -0.3 is 9.64 Å². The summed E-state index contributed by atoms with van der Waals surface area (Å²) in [5, 5.41) is 0. The number of aromatic nitrogens is 1. The number of hydrogen-bond donors (Lipinski definition) is 0. The third-order valence-electron chi connectivity index (χ3n) is 2.76. The van der Waals surface area contributed by atoms with Crippen LogP contribution >= 0.6 is 0 Å². The lowest BCUT2D eigenvalue weighted by Gasteiger charge is -2.18. The summed E-state index contributed by atoms with van der Waals surface area (Å²) in [5.41, 5.74) is 2.16. The van der Waals surface area contributed by atoms with E-state index in [9.17, 15) is 0 Å². The molecule has 1 saturated carbocycles. The first-order valence-corrected chi connectivity index (χ1v) is 5.92. The van der Waals surface area contributed by atoms with E-state index in [0.717, 1.165) is 17.1 Å². The molecule has 0 spiro atoms. The number of nitrogens with zero attached hydrogens (tertiary/aromatic N) is 2. The van der Waals surface area contributed by atoms with E-state index in [1.54, 1.807) is 0 Å². The van der Waals surface area contributed by atoms with Crippen molar-refractivity contribution >= 4 is 5.69 Å². The van der Waals surface area contributed by atoms with Crippen LogP contribution in [0.5, 0.6) is 5.75 Å². The second kappa shape index (κ2) is 4.32. The molecule has 2 rings (SSSR count). The first kappa shape index (κ1) is 11.2. The smallest absolute Gasteiger partial charge is 0.146 e. The Labute approximate surface area is 97.4 Å². The largest absolute Gasteiger partial charge is 0.488 e. The fourth-order valence-electron chi connectivity index (χ4n) is 1.56. The van der Waals surface area contributed by atoms with Crippen molar-refractivity contribution in [3.8, 4) is 5.75 Å². The van der Waals surface area contributed by atoms with Crippen molar-refractivity contribution in [1.29, 1.82) is 0 Å². The van der Waals surface area contributed by atoms with Crippen LogP contribution in [0.3, 0.4) is 0 Å². The average molecular weight is 220 g/mol. The molecule has 1 heterocycles. The molecule has 0 radical (unpaired) electrons. The lowest BCUT2D eigenvalue weighted by atomic mass is 10.1. The Morgan fingerprint density at radius 1 is 1.38 bits per heavy atom. The molecular formula is C13H20N2O. The molecule has 88 valence electrons. The van der Waals surface area contributed by atoms with Gasteiger partial charge in [-0.25, -0.2) is 0 Å². The molecule has 0 N–H and O–H groups in total. The van der Waals surface area contributed by atoms with Crippen LogP contribution in [0.25, 0.3) is 0 Å². The zero-order chi connectivity index (χ0) is 11.7. The molecule has 1 aliphatic carbocycles. The number of anilines is 1. The molecule has 0 saturated heterocycles. The van der Waals surface area contributed by atoms with Gasteiger partial charge in [0.2, 0.25) is 0 Å². The van der Waals surface area contributed by atoms with Gasteiger partial charge in [0, 0.05) is 25.9 Å². The minimum absolute atomic E-state index is 0.432. The summed E-state index contributed by atoms with van der Waals surface area (Å²) in [5.74, 6) is 1.42. The second-order valence-electron chi connectivity index (χ2n) is 4.94. The van der Waals surface area contributed by atoms with Crippen molar-refractivity contribution in [2.24, 2.45) is 0 Å². The van der Waals surface area contributed by atoms with Gasteiger partial charge in [0.1, 0.15) is 5.75 Å². The fraction of sp³-hybridized carbons (Fsp3) is 0.615. The van der Waals surface area contributed by atoms with Crippen molar-refractivity contribution in [2.45, 2.75) is 38.7 Å². The molecule has 16 heavy (non-hydrogen) atoms. The standard InChI is InChI=1S/C13H20N2O/c1-9(2)11-7-13(16-10-5-6-10)12(8-14-11)15(3)4/h7-10H,5-6H2,1-4H3. The molecule has 1 aromatic heterocycles. The van der Waals surface area contributed by atoms with E-state index in [1.165, 1.54) is 12.8 Å². The van der Waals surface area contributed by atoms with Crippen LogP contribution in [0.15, 0.2) is 12.3 Å². The molecule has 0 amide bonds. The molecule has 1 aromatic rings. The zero-order valence-corrected chi connectivity index (χ0v) is 10.5. The number of ether oxygens (including phenoxy) is 1. The maximum Gasteiger partial charge on any atom is 0.146 e. The van der Waals surface area contributed by atoms with Gasteiger partial charge in [0.25, 0.3) is 0 Å². The average Bonchev–Trinajstić information content (AvgIpc) is 3.01. The second-order valence-corrected chi connectivity index (χ2v) is 4.94. The van der Waals surface area contributed by atoms with E-state index < -0.39 is 0 Å². The summed E-state index contributed by atoms with van der Waals surface area (Å²) in [4.78, 5) is 6.52. The molecule has 0 aliphatic heterocycles. The van der Waals surface area contributed by atoms with Crippen LogP contribution in [0.4, 0.5) is 5.69 Å². The summed E-state index contributed by atoms with van der Waals surface area (Å²) >= 11 is 0. The molecular weight excluding hydrogens is 200 g/mol. The molecule has 3 heteroatoms. The molecule has 1 fully saturated rings. The van der Waals surface area contributed by atoms with Crippen LogP contribution in [0.1, 0.15) is 38.3 Å². The summed E-state index contributed by atoms with van der Waals surface area (Å²) in [6.45, 7) is 4.30. The minimum atomic E-state index is 0.432. The van der Waals surface area contributed by atoms with Gasteiger partial charge in [-0.1, -0.05) is 13.8 Å². The first-order valence-electron chi connectivity index (χ1n) is 5.92. The van der Waals surface area contributed by atoms with Crippen LogP contribution in [-0.4, -0.2) is 25.2 Å². The highest BCUT2D eigenvalue weighted by molar-refractivity contribution is 5.57. The highest BCUT2D eigenvalue weighted by Gasteiger charge is 2.25. The molecule has 3 nitrogen and oxygen atoms in total. The van der Waals surface area contributed by atoms with Crippen LogP contribution in [-0.2, 0) is 0 Å². The Hall–Kier alpha value is -1.25. The summed E-state index contributed by atoms with van der Waals surface area (Å²) < 4.78 is 5.93. The predicted molar refractivity (Wildman–Crippen MR) is 66.3 cm³/mol. The predicted octanol–water partition coefficient (Wildman–Crippen LogP) is 2.81. The number of rotatable bonds is 4. The Balaban J connectivity index is 2.29. The molecule has 0 bridgehead atoms. The molecule has 0 aromatic carbocycles. The Morgan fingerprint density at radius 3 is 2.56 bits per heavy atom. The summed E-state index contributed by atoms with van der Waals surface area (Å²) in [7, 11) is 4.04. The van der Waals surface area contributed by atoms with Gasteiger partial charge in [0.15, 0.2) is 0 Å². The third kappa shape index (κ3) is 2.46. The van der Waals surface area contributed by atoms with E-state index in [-0.39, 0.29) is 0 Å². The van der Waals surface area contributed by atoms with Crippen molar-refractivity contribution in [1.82, 2.24) is 4.98 Å². The number of pyridine rings is 1. The van der Waals surface area contributed by atoms with E-state index in [2.05, 4.69) is 29.8 Å². The third-order valence-corrected chi connectivity index (χ3v) is 2.76. The van der Waals surface area contributed by atoms with Gasteiger partial charge in [-0.2, -0.15) is 0 Å². The molecule has 1 aliphatic rings. The monoisotopic (exact) mass is 220 g/mol. The molecule has 0 unspecified atom stereocenters. The normalized spacial score (nSPS) is 15.3. The molecule has 0 atom stereocenters. The highest BCUT2D eigenvalue weighted by atomic mass is 16.5. The quantitative estimate of drug-likeness (QED) is 0.780. The maximum absolute atomic E-state index is 5.93. The van der Waals surface area contributed by atoms with E-state index >= 15 is 0 Å². The van der Waals surface area contributed by atoms with Gasteiger partial charge >= 0.3 is 0 Å². The van der Waals surface area contributed by atoms with Crippen LogP contribution in [0.2, 0.25) is 0 Å². The SMILES string of the molecule is CC(C)c1cc(OC2CC2)c(N(C)C)cn1. The Bertz CT molecular complexity index is 370. The van der Waals surface area contributed by atoms with Crippen molar-refractivity contribution in [2.75, 3.05) is 19.0 Å². The van der Waals surface area contributed by atoms with Gasteiger partial charge in [-0.05, 0) is 18.8 Å². The van der Waals surface area contributed by atoms with Crippen LogP contribution < -0.4 is 9.64 Å². The highest BCUT2D eigenvalue weighted by Crippen LogP contribution is 2.34. The van der Waals surface area contributed by atoms with Crippen molar-refractivity contribution in [3.63, 3.8) is 0 Å². The number of hydrogen-bond acceptors (Lipinski definition) is 3. The van der Waals surface area contributed by atoms with E-state index in [4.69, 9.17) is 4.74 Å².